The molecule has 2 aliphatic heterocycles. The van der Waals surface area contributed by atoms with Crippen LogP contribution in [0.15, 0.2) is 24.3 Å². The van der Waals surface area contributed by atoms with E-state index in [9.17, 15) is 18.0 Å². The van der Waals surface area contributed by atoms with Crippen LogP contribution < -0.4 is 0 Å². The van der Waals surface area contributed by atoms with Gasteiger partial charge in [0.05, 0.1) is 12.2 Å². The first kappa shape index (κ1) is 18.6. The van der Waals surface area contributed by atoms with E-state index in [-0.39, 0.29) is 23.7 Å². The maximum absolute atomic E-state index is 13.4. The number of hydrogen-bond donors (Lipinski definition) is 0. The number of likely N-dealkylation sites (tertiary alicyclic amines) is 1. The third-order valence-corrected chi connectivity index (χ3v) is 6.45. The second kappa shape index (κ2) is 6.83. The number of fused-ring (bicyclic) bond motifs is 2. The van der Waals surface area contributed by atoms with Crippen LogP contribution in [0.3, 0.4) is 0 Å². The molecule has 1 amide bonds. The Bertz CT molecular complexity index is 928. The molecule has 0 unspecified atom stereocenters. The van der Waals surface area contributed by atoms with Gasteiger partial charge in [-0.2, -0.15) is 13.2 Å². The maximum Gasteiger partial charge on any atom is 0.416 e. The largest absolute Gasteiger partial charge is 0.416 e. The van der Waals surface area contributed by atoms with Gasteiger partial charge in [0.15, 0.2) is 5.82 Å². The number of nitrogens with zero attached hydrogens (tertiary/aromatic N) is 4. The number of carbonyl (C=O) groups is 1. The average Bonchev–Trinajstić information content (AvgIpc) is 3.39. The summed E-state index contributed by atoms with van der Waals surface area (Å²) < 4.78 is 47.3. The standard InChI is InChI=1S/C20H21F3N4O2/c21-20(22,23)16-4-2-1-3-15(16)12-7-13-9-26(10-14(13)8-12)19(28)18-25-24-17-11-29-6-5-27(17)18/h1-4,12-14H,5-11H2/t12-,13+,14-. The lowest BCUT2D eigenvalue weighted by molar-refractivity contribution is -0.138. The highest BCUT2D eigenvalue weighted by Crippen LogP contribution is 2.49. The van der Waals surface area contributed by atoms with Crippen molar-refractivity contribution in [3.8, 4) is 0 Å². The lowest BCUT2D eigenvalue weighted by Crippen LogP contribution is -2.33. The fourth-order valence-electron chi connectivity index (χ4n) is 5.13. The Balaban J connectivity index is 1.30. The van der Waals surface area contributed by atoms with Gasteiger partial charge in [0.2, 0.25) is 5.82 Å². The number of rotatable bonds is 2. The number of ether oxygens (including phenoxy) is 1. The molecule has 1 aromatic heterocycles. The first-order valence-electron chi connectivity index (χ1n) is 9.87. The first-order valence-corrected chi connectivity index (χ1v) is 9.87. The summed E-state index contributed by atoms with van der Waals surface area (Å²) in [5.41, 5.74) is -0.144. The molecule has 1 aliphatic carbocycles. The molecular formula is C20H21F3N4O2. The highest BCUT2D eigenvalue weighted by Gasteiger charge is 2.45. The van der Waals surface area contributed by atoms with E-state index < -0.39 is 11.7 Å². The Morgan fingerprint density at radius 2 is 1.83 bits per heavy atom. The van der Waals surface area contributed by atoms with Crippen molar-refractivity contribution in [2.45, 2.75) is 38.1 Å². The fourth-order valence-corrected chi connectivity index (χ4v) is 5.13. The monoisotopic (exact) mass is 406 g/mol. The minimum atomic E-state index is -4.34. The Morgan fingerprint density at radius 3 is 2.55 bits per heavy atom. The second-order valence-electron chi connectivity index (χ2n) is 8.13. The highest BCUT2D eigenvalue weighted by atomic mass is 19.4. The number of halogens is 3. The van der Waals surface area contributed by atoms with Gasteiger partial charge in [0.1, 0.15) is 6.61 Å². The van der Waals surface area contributed by atoms with Crippen molar-refractivity contribution in [2.75, 3.05) is 19.7 Å². The van der Waals surface area contributed by atoms with Gasteiger partial charge >= 0.3 is 6.18 Å². The van der Waals surface area contributed by atoms with Crippen LogP contribution in [0, 0.1) is 11.8 Å². The van der Waals surface area contributed by atoms with Gasteiger partial charge in [-0.3, -0.25) is 4.79 Å². The van der Waals surface area contributed by atoms with Crippen LogP contribution >= 0.6 is 0 Å². The summed E-state index contributed by atoms with van der Waals surface area (Å²) in [5, 5.41) is 8.09. The minimum Gasteiger partial charge on any atom is -0.372 e. The molecule has 9 heteroatoms. The molecule has 3 heterocycles. The molecule has 29 heavy (non-hydrogen) atoms. The molecule has 154 valence electrons. The van der Waals surface area contributed by atoms with E-state index >= 15 is 0 Å². The molecule has 2 aromatic rings. The van der Waals surface area contributed by atoms with E-state index in [1.54, 1.807) is 17.0 Å². The molecule has 0 spiro atoms. The zero-order valence-corrected chi connectivity index (χ0v) is 15.7. The summed E-state index contributed by atoms with van der Waals surface area (Å²) in [6.07, 6.45) is -2.99. The smallest absolute Gasteiger partial charge is 0.372 e. The van der Waals surface area contributed by atoms with E-state index in [1.807, 2.05) is 4.57 Å². The summed E-state index contributed by atoms with van der Waals surface area (Å²) in [5.74, 6) is 1.17. The SMILES string of the molecule is O=C(c1nnc2n1CCOC2)N1C[C@H]2C[C@H](c3ccccc3C(F)(F)F)C[C@H]2C1. The van der Waals surface area contributed by atoms with Gasteiger partial charge in [0, 0.05) is 19.6 Å². The van der Waals surface area contributed by atoms with Crippen molar-refractivity contribution in [2.24, 2.45) is 11.8 Å². The molecule has 3 atom stereocenters. The van der Waals surface area contributed by atoms with Gasteiger partial charge in [-0.25, -0.2) is 0 Å². The molecule has 0 N–H and O–H groups in total. The molecule has 3 aliphatic rings. The average molecular weight is 406 g/mol. The van der Waals surface area contributed by atoms with Crippen molar-refractivity contribution in [3.05, 3.63) is 47.0 Å². The topological polar surface area (TPSA) is 60.3 Å². The van der Waals surface area contributed by atoms with Gasteiger partial charge < -0.3 is 14.2 Å². The predicted molar refractivity (Wildman–Crippen MR) is 96.0 cm³/mol. The molecular weight excluding hydrogens is 385 g/mol. The van der Waals surface area contributed by atoms with Crippen LogP contribution in [0.25, 0.3) is 0 Å². The Labute approximate surface area is 165 Å². The van der Waals surface area contributed by atoms with E-state index in [4.69, 9.17) is 4.74 Å². The summed E-state index contributed by atoms with van der Waals surface area (Å²) in [4.78, 5) is 14.7. The van der Waals surface area contributed by atoms with Crippen LogP contribution in [-0.4, -0.2) is 45.3 Å². The zero-order chi connectivity index (χ0) is 20.2. The van der Waals surface area contributed by atoms with E-state index in [0.717, 1.165) is 6.07 Å². The number of amides is 1. The Kier molecular flexibility index (Phi) is 4.38. The summed E-state index contributed by atoms with van der Waals surface area (Å²) in [7, 11) is 0. The Hall–Kier alpha value is -2.42. The molecule has 1 aromatic carbocycles. The zero-order valence-electron chi connectivity index (χ0n) is 15.7. The third-order valence-electron chi connectivity index (χ3n) is 6.45. The van der Waals surface area contributed by atoms with Crippen molar-refractivity contribution < 1.29 is 22.7 Å². The molecule has 0 bridgehead atoms. The van der Waals surface area contributed by atoms with Crippen molar-refractivity contribution in [3.63, 3.8) is 0 Å². The predicted octanol–water partition coefficient (Wildman–Crippen LogP) is 3.09. The summed E-state index contributed by atoms with van der Waals surface area (Å²) in [6, 6.07) is 5.87. The van der Waals surface area contributed by atoms with Crippen molar-refractivity contribution in [1.82, 2.24) is 19.7 Å². The van der Waals surface area contributed by atoms with Crippen molar-refractivity contribution in [1.29, 1.82) is 0 Å². The third kappa shape index (κ3) is 3.21. The normalized spacial score (nSPS) is 26.4. The van der Waals surface area contributed by atoms with E-state index in [1.165, 1.54) is 6.07 Å². The van der Waals surface area contributed by atoms with Gasteiger partial charge in [0.25, 0.3) is 5.91 Å². The molecule has 2 fully saturated rings. The number of aromatic nitrogens is 3. The second-order valence-corrected chi connectivity index (χ2v) is 8.13. The molecule has 1 saturated heterocycles. The number of carbonyl (C=O) groups excluding carboxylic acids is 1. The minimum absolute atomic E-state index is 0.113. The van der Waals surface area contributed by atoms with E-state index in [0.29, 0.717) is 62.9 Å². The quantitative estimate of drug-likeness (QED) is 0.769. The van der Waals surface area contributed by atoms with Crippen LogP contribution in [-0.2, 0) is 24.1 Å². The van der Waals surface area contributed by atoms with Gasteiger partial charge in [-0.1, -0.05) is 18.2 Å². The van der Waals surface area contributed by atoms with Crippen LogP contribution in [0.5, 0.6) is 0 Å². The number of benzene rings is 1. The van der Waals surface area contributed by atoms with Gasteiger partial charge in [-0.05, 0) is 42.2 Å². The van der Waals surface area contributed by atoms with E-state index in [2.05, 4.69) is 10.2 Å². The van der Waals surface area contributed by atoms with Crippen LogP contribution in [0.2, 0.25) is 0 Å². The summed E-state index contributed by atoms with van der Waals surface area (Å²) in [6.45, 7) is 2.56. The Morgan fingerprint density at radius 1 is 1.10 bits per heavy atom. The van der Waals surface area contributed by atoms with Crippen LogP contribution in [0.4, 0.5) is 13.2 Å². The molecule has 1 saturated carbocycles. The van der Waals surface area contributed by atoms with Crippen LogP contribution in [0.1, 0.15) is 46.3 Å². The fraction of sp³-hybridized carbons (Fsp3) is 0.550. The lowest BCUT2D eigenvalue weighted by Gasteiger charge is -2.22. The molecule has 6 nitrogen and oxygen atoms in total. The molecule has 0 radical (unpaired) electrons. The maximum atomic E-state index is 13.4. The number of hydrogen-bond acceptors (Lipinski definition) is 4. The highest BCUT2D eigenvalue weighted by molar-refractivity contribution is 5.91. The first-order chi connectivity index (χ1) is 13.9. The lowest BCUT2D eigenvalue weighted by atomic mass is 9.91. The van der Waals surface area contributed by atoms with Gasteiger partial charge in [-0.15, -0.1) is 10.2 Å². The summed E-state index contributed by atoms with van der Waals surface area (Å²) >= 11 is 0. The number of alkyl halides is 3. The van der Waals surface area contributed by atoms with Crippen molar-refractivity contribution >= 4 is 5.91 Å². The molecule has 5 rings (SSSR count).